The lowest BCUT2D eigenvalue weighted by molar-refractivity contribution is -0.165. The molecule has 184 valence electrons. The maximum atomic E-state index is 11.6. The van der Waals surface area contributed by atoms with Gasteiger partial charge in [0, 0.05) is 17.1 Å². The van der Waals surface area contributed by atoms with Crippen molar-refractivity contribution >= 4 is 32.9 Å². The monoisotopic (exact) mass is 485 g/mol. The van der Waals surface area contributed by atoms with Crippen molar-refractivity contribution in [3.8, 4) is 0 Å². The first-order valence-electron chi connectivity index (χ1n) is 10.5. The highest BCUT2D eigenvalue weighted by Gasteiger charge is 2.29. The zero-order valence-electron chi connectivity index (χ0n) is 18.6. The molecule has 2 unspecified atom stereocenters. The van der Waals surface area contributed by atoms with Crippen LogP contribution in [0.1, 0.15) is 29.9 Å². The number of likely N-dealkylation sites (tertiary alicyclic amines) is 1. The molecule has 12 heteroatoms. The van der Waals surface area contributed by atoms with Crippen LogP contribution < -0.4 is 4.72 Å². The Morgan fingerprint density at radius 2 is 1.73 bits per heavy atom. The third-order valence-corrected chi connectivity index (χ3v) is 7.08. The second-order valence-corrected chi connectivity index (χ2v) is 10.1. The van der Waals surface area contributed by atoms with Crippen LogP contribution in [0, 0.1) is 0 Å². The van der Waals surface area contributed by atoms with Gasteiger partial charge in [0.1, 0.15) is 0 Å². The first-order valence-corrected chi connectivity index (χ1v) is 12.1. The number of rotatable bonds is 8. The summed E-state index contributed by atoms with van der Waals surface area (Å²) in [4.78, 5) is 25.3. The molecule has 0 bridgehead atoms. The van der Waals surface area contributed by atoms with E-state index in [2.05, 4.69) is 40.0 Å². The molecule has 11 nitrogen and oxygen atoms in total. The highest BCUT2D eigenvalue weighted by atomic mass is 32.2. The minimum Gasteiger partial charge on any atom is -0.479 e. The Bertz CT molecular complexity index is 1040. The van der Waals surface area contributed by atoms with E-state index in [4.69, 9.17) is 20.4 Å². The number of fused-ring (bicyclic) bond motifs is 1. The number of sulfonamides is 1. The van der Waals surface area contributed by atoms with Crippen molar-refractivity contribution in [3.05, 3.63) is 35.5 Å². The molecule has 2 heterocycles. The van der Waals surface area contributed by atoms with E-state index >= 15 is 0 Å². The van der Waals surface area contributed by atoms with Crippen molar-refractivity contribution in [2.45, 2.75) is 37.4 Å². The van der Waals surface area contributed by atoms with Gasteiger partial charge in [0.15, 0.2) is 12.2 Å². The summed E-state index contributed by atoms with van der Waals surface area (Å²) < 4.78 is 25.6. The molecule has 1 fully saturated rings. The van der Waals surface area contributed by atoms with Gasteiger partial charge in [-0.3, -0.25) is 0 Å². The van der Waals surface area contributed by atoms with E-state index in [1.165, 1.54) is 30.8 Å². The molecule has 2 atom stereocenters. The predicted octanol–water partition coefficient (Wildman–Crippen LogP) is -0.0538. The SMILES string of the molecule is CNS(=O)(=O)CCc1ccc2[nH]cc(C3CCN(C)CC3)c2c1.O=C(O)C(O)C(O)C(=O)O. The molecule has 1 aliphatic heterocycles. The lowest BCUT2D eigenvalue weighted by Crippen LogP contribution is -2.39. The van der Waals surface area contributed by atoms with E-state index in [1.54, 1.807) is 0 Å². The van der Waals surface area contributed by atoms with Gasteiger partial charge in [0.05, 0.1) is 5.75 Å². The second kappa shape index (κ2) is 11.6. The Balaban J connectivity index is 0.000000328. The summed E-state index contributed by atoms with van der Waals surface area (Å²) in [5, 5.41) is 33.8. The van der Waals surface area contributed by atoms with Crippen LogP contribution >= 0.6 is 0 Å². The van der Waals surface area contributed by atoms with E-state index in [9.17, 15) is 18.0 Å². The van der Waals surface area contributed by atoms with Crippen LogP contribution in [-0.2, 0) is 26.0 Å². The molecule has 0 aliphatic carbocycles. The number of aliphatic hydroxyl groups excluding tert-OH is 2. The molecule has 0 amide bonds. The maximum absolute atomic E-state index is 11.6. The molecule has 1 saturated heterocycles. The Morgan fingerprint density at radius 3 is 2.24 bits per heavy atom. The molecule has 0 radical (unpaired) electrons. The van der Waals surface area contributed by atoms with Gasteiger partial charge < -0.3 is 30.3 Å². The van der Waals surface area contributed by atoms with Crippen molar-refractivity contribution in [3.63, 3.8) is 0 Å². The Morgan fingerprint density at radius 1 is 1.15 bits per heavy atom. The molecule has 33 heavy (non-hydrogen) atoms. The zero-order valence-corrected chi connectivity index (χ0v) is 19.4. The van der Waals surface area contributed by atoms with Crippen LogP contribution in [0.15, 0.2) is 24.4 Å². The first kappa shape index (κ1) is 26.7. The quantitative estimate of drug-likeness (QED) is 0.299. The van der Waals surface area contributed by atoms with Crippen LogP contribution in [-0.4, -0.2) is 95.8 Å². The van der Waals surface area contributed by atoms with Gasteiger partial charge in [-0.25, -0.2) is 22.7 Å². The number of benzene rings is 1. The molecule has 1 aliphatic rings. The third kappa shape index (κ3) is 7.51. The number of nitrogens with zero attached hydrogens (tertiary/aromatic N) is 1. The zero-order chi connectivity index (χ0) is 24.8. The summed E-state index contributed by atoms with van der Waals surface area (Å²) in [5.74, 6) is -2.82. The minimum atomic E-state index is -3.16. The third-order valence-electron chi connectivity index (χ3n) is 5.71. The number of H-pyrrole nitrogens is 1. The highest BCUT2D eigenvalue weighted by Crippen LogP contribution is 2.33. The molecule has 2 aromatic rings. The number of hydrogen-bond acceptors (Lipinski definition) is 7. The largest absolute Gasteiger partial charge is 0.479 e. The molecule has 0 saturated carbocycles. The number of carboxylic acid groups (broad SMARTS) is 2. The molecule has 1 aromatic heterocycles. The lowest BCUT2D eigenvalue weighted by Gasteiger charge is -2.28. The molecular formula is C21H31N3O8S. The molecule has 3 rings (SSSR count). The van der Waals surface area contributed by atoms with E-state index < -0.39 is 34.2 Å². The number of carbonyl (C=O) groups is 2. The van der Waals surface area contributed by atoms with Gasteiger partial charge in [-0.1, -0.05) is 6.07 Å². The summed E-state index contributed by atoms with van der Waals surface area (Å²) >= 11 is 0. The number of aryl methyl sites for hydroxylation is 1. The van der Waals surface area contributed by atoms with Gasteiger partial charge >= 0.3 is 11.9 Å². The fourth-order valence-electron chi connectivity index (χ4n) is 3.63. The topological polar surface area (TPSA) is 180 Å². The normalized spacial score (nSPS) is 17.2. The van der Waals surface area contributed by atoms with Crippen molar-refractivity contribution < 1.29 is 38.4 Å². The average molecular weight is 486 g/mol. The minimum absolute atomic E-state index is 0.128. The number of piperidine rings is 1. The number of aliphatic hydroxyl groups is 2. The fourth-order valence-corrected chi connectivity index (χ4v) is 4.34. The number of aromatic amines is 1. The van der Waals surface area contributed by atoms with Gasteiger partial charge in [-0.2, -0.15) is 0 Å². The number of aliphatic carboxylic acids is 2. The van der Waals surface area contributed by atoms with Crippen molar-refractivity contribution in [1.29, 1.82) is 0 Å². The molecule has 1 aromatic carbocycles. The second-order valence-electron chi connectivity index (χ2n) is 8.04. The average Bonchev–Trinajstić information content (AvgIpc) is 3.21. The van der Waals surface area contributed by atoms with Crippen LogP contribution in [0.3, 0.4) is 0 Å². The standard InChI is InChI=1S/C17H25N3O2S.C4H6O6/c1-18-23(21,22)10-7-13-3-4-17-15(11-13)16(12-19-17)14-5-8-20(2)9-6-14;5-1(3(7)8)2(6)4(9)10/h3-4,11-12,14,18-19H,5-10H2,1-2H3;1-2,5-6H,(H,7,8)(H,9,10). The Labute approximate surface area is 192 Å². The van der Waals surface area contributed by atoms with Crippen LogP contribution in [0.5, 0.6) is 0 Å². The summed E-state index contributed by atoms with van der Waals surface area (Å²) in [7, 11) is 0.476. The van der Waals surface area contributed by atoms with E-state index in [1.807, 2.05) is 6.07 Å². The smallest absolute Gasteiger partial charge is 0.335 e. The predicted molar refractivity (Wildman–Crippen MR) is 122 cm³/mol. The Kier molecular flexibility index (Phi) is 9.37. The fraction of sp³-hybridized carbons (Fsp3) is 0.524. The van der Waals surface area contributed by atoms with Crippen LogP contribution in [0.25, 0.3) is 10.9 Å². The number of aromatic nitrogens is 1. The summed E-state index contributed by atoms with van der Waals surface area (Å²) in [6.45, 7) is 2.27. The van der Waals surface area contributed by atoms with E-state index in [0.29, 0.717) is 12.3 Å². The van der Waals surface area contributed by atoms with Crippen LogP contribution in [0.2, 0.25) is 0 Å². The van der Waals surface area contributed by atoms with Gasteiger partial charge in [0.25, 0.3) is 0 Å². The lowest BCUT2D eigenvalue weighted by atomic mass is 9.89. The van der Waals surface area contributed by atoms with Gasteiger partial charge in [0.2, 0.25) is 10.0 Å². The summed E-state index contributed by atoms with van der Waals surface area (Å²) in [6, 6.07) is 6.24. The van der Waals surface area contributed by atoms with Crippen molar-refractivity contribution in [2.24, 2.45) is 0 Å². The highest BCUT2D eigenvalue weighted by molar-refractivity contribution is 7.89. The maximum Gasteiger partial charge on any atom is 0.335 e. The van der Waals surface area contributed by atoms with Crippen LogP contribution in [0.4, 0.5) is 0 Å². The molecule has 0 spiro atoms. The molecule has 6 N–H and O–H groups in total. The Hall–Kier alpha value is -2.51. The first-order chi connectivity index (χ1) is 15.4. The number of carboxylic acids is 2. The van der Waals surface area contributed by atoms with E-state index in [-0.39, 0.29) is 5.75 Å². The summed E-state index contributed by atoms with van der Waals surface area (Å²) in [6.07, 6.45) is 0.505. The number of nitrogens with one attached hydrogen (secondary N) is 2. The van der Waals surface area contributed by atoms with Gasteiger partial charge in [-0.05, 0) is 75.6 Å². The van der Waals surface area contributed by atoms with Crippen molar-refractivity contribution in [2.75, 3.05) is 32.9 Å². The number of hydrogen-bond donors (Lipinski definition) is 6. The van der Waals surface area contributed by atoms with E-state index in [0.717, 1.165) is 24.2 Å². The molecular weight excluding hydrogens is 454 g/mol. The van der Waals surface area contributed by atoms with Gasteiger partial charge in [-0.15, -0.1) is 0 Å². The van der Waals surface area contributed by atoms with Crippen molar-refractivity contribution in [1.82, 2.24) is 14.6 Å². The summed E-state index contributed by atoms with van der Waals surface area (Å²) in [5.41, 5.74) is 3.59.